The van der Waals surface area contributed by atoms with E-state index in [0.29, 0.717) is 5.92 Å². The van der Waals surface area contributed by atoms with E-state index in [4.69, 9.17) is 4.55 Å². The Kier molecular flexibility index (Phi) is 6.17. The average Bonchev–Trinajstić information content (AvgIpc) is 2.68. The summed E-state index contributed by atoms with van der Waals surface area (Å²) in [6.45, 7) is 6.14. The molecule has 29 heavy (non-hydrogen) atoms. The van der Waals surface area contributed by atoms with Gasteiger partial charge in [-0.3, -0.25) is 9.35 Å². The van der Waals surface area contributed by atoms with Crippen molar-refractivity contribution in [3.63, 3.8) is 0 Å². The molecule has 4 nitrogen and oxygen atoms in total. The van der Waals surface area contributed by atoms with Crippen molar-refractivity contribution >= 4 is 41.6 Å². The molecule has 0 radical (unpaired) electrons. The lowest BCUT2D eigenvalue weighted by Gasteiger charge is -2.07. The molecular formula is C23H22O4S2. The Morgan fingerprint density at radius 3 is 2.10 bits per heavy atom. The summed E-state index contributed by atoms with van der Waals surface area (Å²) in [7, 11) is -4.02. The van der Waals surface area contributed by atoms with Gasteiger partial charge in [0.05, 0.1) is 4.90 Å². The summed E-state index contributed by atoms with van der Waals surface area (Å²) in [5.74, 6) is 0.449. The van der Waals surface area contributed by atoms with E-state index in [1.807, 2.05) is 37.3 Å². The third-order valence-electron chi connectivity index (χ3n) is 4.59. The Hall–Kier alpha value is -2.54. The van der Waals surface area contributed by atoms with E-state index in [-0.39, 0.29) is 10.3 Å². The van der Waals surface area contributed by atoms with E-state index in [0.717, 1.165) is 25.7 Å². The van der Waals surface area contributed by atoms with Gasteiger partial charge in [-0.25, -0.2) is 0 Å². The van der Waals surface area contributed by atoms with Gasteiger partial charge in [-0.1, -0.05) is 49.7 Å². The first-order valence-corrected chi connectivity index (χ1v) is 11.4. The molecule has 150 valence electrons. The minimum Gasteiger partial charge on any atom is -0.289 e. The molecule has 1 N–H and O–H groups in total. The molecule has 0 unspecified atom stereocenters. The van der Waals surface area contributed by atoms with E-state index < -0.39 is 10.1 Å². The number of aryl methyl sites for hydroxylation is 1. The van der Waals surface area contributed by atoms with E-state index >= 15 is 0 Å². The molecule has 0 saturated heterocycles. The standard InChI is InChI=1S/C16H14OS.C7H8O3S/c1-10(2)11-7-8-15-13(9-11)16(17)12-5-3-4-6-14(12)18-15;1-6-2-4-7(5-3-6)11(8,9)10/h3-10H,1-2H3;2-5H,1H3,(H,8,9,10). The molecule has 3 aromatic carbocycles. The lowest BCUT2D eigenvalue weighted by atomic mass is 10.0. The van der Waals surface area contributed by atoms with Crippen LogP contribution in [0.1, 0.15) is 30.9 Å². The summed E-state index contributed by atoms with van der Waals surface area (Å²) in [6.07, 6.45) is 0. The second-order valence-electron chi connectivity index (χ2n) is 7.13. The third kappa shape index (κ3) is 4.90. The van der Waals surface area contributed by atoms with E-state index in [1.165, 1.54) is 17.7 Å². The monoisotopic (exact) mass is 426 g/mol. The molecular weight excluding hydrogens is 404 g/mol. The molecule has 1 heterocycles. The molecule has 0 aliphatic carbocycles. The van der Waals surface area contributed by atoms with Crippen molar-refractivity contribution in [2.24, 2.45) is 0 Å². The zero-order valence-electron chi connectivity index (χ0n) is 16.4. The Morgan fingerprint density at radius 1 is 0.862 bits per heavy atom. The SMILES string of the molecule is CC(C)c1ccc2sc3ccccc3c(=O)c2c1.Cc1ccc(S(=O)(=O)O)cc1. The van der Waals surface area contributed by atoms with Crippen molar-refractivity contribution in [3.8, 4) is 0 Å². The van der Waals surface area contributed by atoms with Crippen molar-refractivity contribution in [2.45, 2.75) is 31.6 Å². The van der Waals surface area contributed by atoms with Gasteiger partial charge < -0.3 is 0 Å². The maximum atomic E-state index is 12.5. The van der Waals surface area contributed by atoms with Crippen molar-refractivity contribution in [2.75, 3.05) is 0 Å². The van der Waals surface area contributed by atoms with Crippen molar-refractivity contribution in [1.82, 2.24) is 0 Å². The maximum absolute atomic E-state index is 12.5. The summed E-state index contributed by atoms with van der Waals surface area (Å²) >= 11 is 1.69. The first kappa shape index (κ1) is 21.2. The highest BCUT2D eigenvalue weighted by Gasteiger charge is 2.08. The lowest BCUT2D eigenvalue weighted by molar-refractivity contribution is 0.483. The van der Waals surface area contributed by atoms with Crippen molar-refractivity contribution in [3.05, 3.63) is 88.1 Å². The molecule has 0 atom stereocenters. The van der Waals surface area contributed by atoms with Gasteiger partial charge in [0.25, 0.3) is 10.1 Å². The summed E-state index contributed by atoms with van der Waals surface area (Å²) in [5.41, 5.74) is 2.33. The van der Waals surface area contributed by atoms with Crippen LogP contribution in [0.15, 0.2) is 76.4 Å². The van der Waals surface area contributed by atoms with Crippen LogP contribution in [0.3, 0.4) is 0 Å². The molecule has 0 spiro atoms. The van der Waals surface area contributed by atoms with E-state index in [2.05, 4.69) is 26.0 Å². The summed E-state index contributed by atoms with van der Waals surface area (Å²) in [4.78, 5) is 12.4. The molecule has 0 saturated carbocycles. The molecule has 0 aliphatic rings. The molecule has 6 heteroatoms. The van der Waals surface area contributed by atoms with Crippen LogP contribution >= 0.6 is 11.3 Å². The van der Waals surface area contributed by atoms with Crippen LogP contribution in [-0.4, -0.2) is 13.0 Å². The minimum absolute atomic E-state index is 0.0666. The number of benzene rings is 3. The number of hydrogen-bond acceptors (Lipinski definition) is 4. The highest BCUT2D eigenvalue weighted by molar-refractivity contribution is 7.85. The highest BCUT2D eigenvalue weighted by atomic mass is 32.2. The van der Waals surface area contributed by atoms with Crippen LogP contribution in [-0.2, 0) is 10.1 Å². The zero-order chi connectivity index (χ0) is 21.2. The third-order valence-corrected chi connectivity index (χ3v) is 6.61. The van der Waals surface area contributed by atoms with Gasteiger partial charge >= 0.3 is 0 Å². The smallest absolute Gasteiger partial charge is 0.289 e. The summed E-state index contributed by atoms with van der Waals surface area (Å²) < 4.78 is 31.7. The van der Waals surface area contributed by atoms with Crippen LogP contribution in [0.25, 0.3) is 20.2 Å². The predicted octanol–water partition coefficient (Wildman–Crippen LogP) is 5.78. The fourth-order valence-corrected chi connectivity index (χ4v) is 4.42. The van der Waals surface area contributed by atoms with Gasteiger partial charge in [-0.15, -0.1) is 11.3 Å². The average molecular weight is 427 g/mol. The molecule has 0 bridgehead atoms. The fourth-order valence-electron chi connectivity index (χ4n) is 2.89. The van der Waals surface area contributed by atoms with Crippen LogP contribution in [0, 0.1) is 6.92 Å². The fraction of sp³-hybridized carbons (Fsp3) is 0.174. The van der Waals surface area contributed by atoms with Crippen LogP contribution in [0.2, 0.25) is 0 Å². The first-order valence-electron chi connectivity index (χ1n) is 9.16. The Balaban J connectivity index is 0.000000188. The first-order chi connectivity index (χ1) is 13.7. The Labute approximate surface area is 174 Å². The Bertz CT molecular complexity index is 1320. The molecule has 4 rings (SSSR count). The maximum Gasteiger partial charge on any atom is 0.294 e. The molecule has 0 aliphatic heterocycles. The van der Waals surface area contributed by atoms with E-state index in [1.54, 1.807) is 23.5 Å². The number of fused-ring (bicyclic) bond motifs is 2. The van der Waals surface area contributed by atoms with Gasteiger partial charge in [0, 0.05) is 20.2 Å². The quantitative estimate of drug-likeness (QED) is 0.326. The zero-order valence-corrected chi connectivity index (χ0v) is 18.0. The van der Waals surface area contributed by atoms with Crippen LogP contribution < -0.4 is 5.43 Å². The number of hydrogen-bond donors (Lipinski definition) is 1. The molecule has 4 aromatic rings. The van der Waals surface area contributed by atoms with Gasteiger partial charge in [0.1, 0.15) is 0 Å². The van der Waals surface area contributed by atoms with Crippen molar-refractivity contribution < 1.29 is 13.0 Å². The molecule has 1 aromatic heterocycles. The second kappa shape index (κ2) is 8.45. The highest BCUT2D eigenvalue weighted by Crippen LogP contribution is 2.27. The molecule has 0 amide bonds. The predicted molar refractivity (Wildman–Crippen MR) is 121 cm³/mol. The lowest BCUT2D eigenvalue weighted by Crippen LogP contribution is -2.01. The summed E-state index contributed by atoms with van der Waals surface area (Å²) in [6, 6.07) is 20.1. The van der Waals surface area contributed by atoms with Gasteiger partial charge in [-0.2, -0.15) is 8.42 Å². The largest absolute Gasteiger partial charge is 0.294 e. The van der Waals surface area contributed by atoms with Crippen LogP contribution in [0.4, 0.5) is 0 Å². The van der Waals surface area contributed by atoms with Crippen LogP contribution in [0.5, 0.6) is 0 Å². The second-order valence-corrected chi connectivity index (χ2v) is 9.63. The topological polar surface area (TPSA) is 71.4 Å². The van der Waals surface area contributed by atoms with Gasteiger partial charge in [0.2, 0.25) is 0 Å². The van der Waals surface area contributed by atoms with E-state index in [9.17, 15) is 13.2 Å². The molecule has 0 fully saturated rings. The van der Waals surface area contributed by atoms with Crippen molar-refractivity contribution in [1.29, 1.82) is 0 Å². The van der Waals surface area contributed by atoms with Gasteiger partial charge in [-0.05, 0) is 54.8 Å². The summed E-state index contributed by atoms with van der Waals surface area (Å²) in [5, 5.41) is 1.68. The Morgan fingerprint density at radius 2 is 1.48 bits per heavy atom. The number of rotatable bonds is 2. The minimum atomic E-state index is -4.02. The van der Waals surface area contributed by atoms with Gasteiger partial charge in [0.15, 0.2) is 5.43 Å². The normalized spacial score (nSPS) is 11.5.